The summed E-state index contributed by atoms with van der Waals surface area (Å²) in [5, 5.41) is 14.1. The highest BCUT2D eigenvalue weighted by Crippen LogP contribution is 2.42. The van der Waals surface area contributed by atoms with E-state index in [4.69, 9.17) is 14.6 Å². The Morgan fingerprint density at radius 3 is 2.68 bits per heavy atom. The van der Waals surface area contributed by atoms with E-state index in [2.05, 4.69) is 29.4 Å². The van der Waals surface area contributed by atoms with Crippen molar-refractivity contribution in [3.63, 3.8) is 0 Å². The number of fused-ring (bicyclic) bond motifs is 1. The quantitative estimate of drug-likeness (QED) is 0.702. The van der Waals surface area contributed by atoms with E-state index in [0.717, 1.165) is 73.3 Å². The summed E-state index contributed by atoms with van der Waals surface area (Å²) in [5.74, 6) is 0. The number of hydrogen-bond acceptors (Lipinski definition) is 6. The lowest BCUT2D eigenvalue weighted by Gasteiger charge is -2.34. The van der Waals surface area contributed by atoms with Gasteiger partial charge in [-0.3, -0.25) is 0 Å². The molecule has 31 heavy (non-hydrogen) atoms. The molecule has 0 atom stereocenters. The number of aromatic nitrogens is 3. The third kappa shape index (κ3) is 4.04. The zero-order valence-corrected chi connectivity index (χ0v) is 18.9. The van der Waals surface area contributed by atoms with E-state index in [1.165, 1.54) is 32.1 Å². The molecule has 0 aromatic carbocycles. The smallest absolute Gasteiger partial charge is 0.159 e. The predicted octanol–water partition coefficient (Wildman–Crippen LogP) is 5.04. The summed E-state index contributed by atoms with van der Waals surface area (Å²) in [6.07, 6.45) is 15.6. The first-order chi connectivity index (χ1) is 15.2. The first-order valence-electron chi connectivity index (χ1n) is 12.2. The van der Waals surface area contributed by atoms with Gasteiger partial charge in [-0.25, -0.2) is 9.67 Å². The van der Waals surface area contributed by atoms with Crippen LogP contribution in [0.15, 0.2) is 17.5 Å². The Morgan fingerprint density at radius 2 is 1.94 bits per heavy atom. The maximum absolute atomic E-state index is 6.11. The fourth-order valence-electron chi connectivity index (χ4n) is 5.54. The molecule has 2 fully saturated rings. The number of pyridine rings is 1. The van der Waals surface area contributed by atoms with Crippen molar-refractivity contribution in [2.24, 2.45) is 5.16 Å². The Morgan fingerprint density at radius 1 is 1.13 bits per heavy atom. The summed E-state index contributed by atoms with van der Waals surface area (Å²) in [6, 6.07) is 0.501. The van der Waals surface area contributed by atoms with Gasteiger partial charge >= 0.3 is 0 Å². The van der Waals surface area contributed by atoms with Crippen molar-refractivity contribution in [3.8, 4) is 0 Å². The second kappa shape index (κ2) is 8.77. The van der Waals surface area contributed by atoms with Crippen molar-refractivity contribution in [2.45, 2.75) is 102 Å². The van der Waals surface area contributed by atoms with Crippen LogP contribution in [0, 0.1) is 0 Å². The van der Waals surface area contributed by atoms with Crippen molar-refractivity contribution in [3.05, 3.63) is 18.0 Å². The lowest BCUT2D eigenvalue weighted by molar-refractivity contribution is -0.0803. The molecule has 1 aliphatic heterocycles. The van der Waals surface area contributed by atoms with E-state index in [-0.39, 0.29) is 5.60 Å². The topological polar surface area (TPSA) is 73.6 Å². The number of nitrogens with one attached hydrogen (secondary N) is 1. The highest BCUT2D eigenvalue weighted by atomic mass is 16.7. The zero-order valence-electron chi connectivity index (χ0n) is 18.9. The average molecular weight is 426 g/mol. The zero-order chi connectivity index (χ0) is 21.3. The standard InChI is InChI=1S/C24H35N5O2/c1-3-29-23-20(16-26-29)22(27-17-8-6-5-7-9-17)19(15-25-23)21-14-24(31-28-21)12-10-18(11-13-24)30-4-2/h15-18H,3-14H2,1-2H3,(H,25,27). The van der Waals surface area contributed by atoms with Gasteiger partial charge in [0.25, 0.3) is 0 Å². The Labute approximate surface area is 184 Å². The van der Waals surface area contributed by atoms with E-state index in [0.29, 0.717) is 12.1 Å². The van der Waals surface area contributed by atoms with Crippen LogP contribution >= 0.6 is 0 Å². The van der Waals surface area contributed by atoms with Crippen LogP contribution in [0.1, 0.15) is 83.6 Å². The minimum Gasteiger partial charge on any atom is -0.389 e. The molecule has 0 saturated heterocycles. The molecule has 2 aromatic rings. The molecular weight excluding hydrogens is 390 g/mol. The molecule has 0 unspecified atom stereocenters. The molecule has 1 spiro atoms. The fourth-order valence-corrected chi connectivity index (χ4v) is 5.54. The van der Waals surface area contributed by atoms with E-state index < -0.39 is 0 Å². The summed E-state index contributed by atoms with van der Waals surface area (Å²) in [4.78, 5) is 10.9. The van der Waals surface area contributed by atoms with E-state index in [9.17, 15) is 0 Å². The van der Waals surface area contributed by atoms with Gasteiger partial charge in [-0.05, 0) is 52.4 Å². The number of oxime groups is 1. The van der Waals surface area contributed by atoms with Crippen molar-refractivity contribution in [2.75, 3.05) is 11.9 Å². The molecule has 1 N–H and O–H groups in total. The lowest BCUT2D eigenvalue weighted by Crippen LogP contribution is -2.37. The van der Waals surface area contributed by atoms with Crippen molar-refractivity contribution < 1.29 is 9.57 Å². The highest BCUT2D eigenvalue weighted by Gasteiger charge is 2.43. The van der Waals surface area contributed by atoms with Crippen LogP contribution in [0.5, 0.6) is 0 Å². The van der Waals surface area contributed by atoms with Gasteiger partial charge in [-0.15, -0.1) is 0 Å². The molecule has 3 heterocycles. The summed E-state index contributed by atoms with van der Waals surface area (Å²) >= 11 is 0. The largest absolute Gasteiger partial charge is 0.389 e. The van der Waals surface area contributed by atoms with Crippen LogP contribution < -0.4 is 5.32 Å². The number of ether oxygens (including phenoxy) is 1. The maximum Gasteiger partial charge on any atom is 0.159 e. The highest BCUT2D eigenvalue weighted by molar-refractivity contribution is 6.10. The van der Waals surface area contributed by atoms with Crippen molar-refractivity contribution in [1.29, 1.82) is 0 Å². The monoisotopic (exact) mass is 425 g/mol. The van der Waals surface area contributed by atoms with Gasteiger partial charge < -0.3 is 14.9 Å². The number of nitrogens with zero attached hydrogens (tertiary/aromatic N) is 4. The number of hydrogen-bond donors (Lipinski definition) is 1. The van der Waals surface area contributed by atoms with E-state index in [1.807, 2.05) is 17.1 Å². The molecule has 2 aliphatic carbocycles. The molecule has 7 nitrogen and oxygen atoms in total. The Balaban J connectivity index is 1.42. The van der Waals surface area contributed by atoms with E-state index in [1.54, 1.807) is 0 Å². The third-order valence-corrected chi connectivity index (χ3v) is 7.32. The van der Waals surface area contributed by atoms with Crippen LogP contribution in [0.25, 0.3) is 11.0 Å². The third-order valence-electron chi connectivity index (χ3n) is 7.32. The summed E-state index contributed by atoms with van der Waals surface area (Å²) in [5.41, 5.74) is 4.01. The van der Waals surface area contributed by atoms with Crippen molar-refractivity contribution >= 4 is 22.4 Å². The van der Waals surface area contributed by atoms with Gasteiger partial charge in [0, 0.05) is 37.4 Å². The Hall–Kier alpha value is -2.15. The fraction of sp³-hybridized carbons (Fsp3) is 0.708. The molecule has 2 aromatic heterocycles. The number of rotatable bonds is 6. The summed E-state index contributed by atoms with van der Waals surface area (Å²) in [7, 11) is 0. The minimum atomic E-state index is -0.173. The maximum atomic E-state index is 6.11. The summed E-state index contributed by atoms with van der Waals surface area (Å²) < 4.78 is 7.81. The first kappa shape index (κ1) is 20.7. The first-order valence-corrected chi connectivity index (χ1v) is 12.2. The number of aryl methyl sites for hydroxylation is 1. The minimum absolute atomic E-state index is 0.173. The van der Waals surface area contributed by atoms with Gasteiger partial charge in [0.05, 0.1) is 29.1 Å². The molecular formula is C24H35N5O2. The van der Waals surface area contributed by atoms with Crippen LogP contribution in [0.2, 0.25) is 0 Å². The van der Waals surface area contributed by atoms with Crippen LogP contribution in [-0.2, 0) is 16.1 Å². The normalized spacial score (nSPS) is 26.9. The molecule has 3 aliphatic rings. The molecule has 5 rings (SSSR count). The predicted molar refractivity (Wildman–Crippen MR) is 123 cm³/mol. The van der Waals surface area contributed by atoms with Gasteiger partial charge in [0.15, 0.2) is 5.65 Å². The molecule has 168 valence electrons. The van der Waals surface area contributed by atoms with Crippen LogP contribution in [0.4, 0.5) is 5.69 Å². The summed E-state index contributed by atoms with van der Waals surface area (Å²) in [6.45, 7) is 5.77. The van der Waals surface area contributed by atoms with Gasteiger partial charge in [-0.1, -0.05) is 24.4 Å². The van der Waals surface area contributed by atoms with Crippen LogP contribution in [-0.4, -0.2) is 44.8 Å². The Bertz CT molecular complexity index is 939. The second-order valence-electron chi connectivity index (χ2n) is 9.37. The second-order valence-corrected chi connectivity index (χ2v) is 9.37. The molecule has 0 amide bonds. The van der Waals surface area contributed by atoms with Crippen LogP contribution in [0.3, 0.4) is 0 Å². The molecule has 7 heteroatoms. The molecule has 0 radical (unpaired) electrons. The van der Waals surface area contributed by atoms with Gasteiger partial charge in [0.2, 0.25) is 0 Å². The SMILES string of the molecule is CCOC1CCC2(CC1)CC(c1cnc3c(cnn3CC)c1NC1CCCCC1)=NO2. The molecule has 0 bridgehead atoms. The van der Waals surface area contributed by atoms with E-state index >= 15 is 0 Å². The van der Waals surface area contributed by atoms with Gasteiger partial charge in [-0.2, -0.15) is 5.10 Å². The number of anilines is 1. The van der Waals surface area contributed by atoms with Gasteiger partial charge in [0.1, 0.15) is 5.60 Å². The lowest BCUT2D eigenvalue weighted by atomic mass is 9.79. The Kier molecular flexibility index (Phi) is 5.87. The van der Waals surface area contributed by atoms with Crippen molar-refractivity contribution in [1.82, 2.24) is 14.8 Å². The average Bonchev–Trinajstić information content (AvgIpc) is 3.41. The molecule has 2 saturated carbocycles.